The molecule has 8 heteroatoms. The summed E-state index contributed by atoms with van der Waals surface area (Å²) in [5.74, 6) is -0.471. The number of rotatable bonds is 3. The van der Waals surface area contributed by atoms with E-state index in [9.17, 15) is 14.4 Å². The Balaban J connectivity index is 1.38. The molecule has 0 saturated carbocycles. The molecule has 4 amide bonds. The van der Waals surface area contributed by atoms with Crippen molar-refractivity contribution in [1.29, 1.82) is 0 Å². The topological polar surface area (TPSA) is 97.0 Å². The zero-order valence-electron chi connectivity index (χ0n) is 15.0. The number of imide groups is 1. The largest absolute Gasteiger partial charge is 0.381 e. The predicted molar refractivity (Wildman–Crippen MR) is 96.6 cm³/mol. The third-order valence-electron chi connectivity index (χ3n) is 5.47. The van der Waals surface area contributed by atoms with Gasteiger partial charge in [-0.15, -0.1) is 0 Å². The third-order valence-corrected chi connectivity index (χ3v) is 5.47. The van der Waals surface area contributed by atoms with Crippen LogP contribution in [-0.2, 0) is 14.3 Å². The Morgan fingerprint density at radius 3 is 2.56 bits per heavy atom. The van der Waals surface area contributed by atoms with E-state index < -0.39 is 6.03 Å². The zero-order valence-corrected chi connectivity index (χ0v) is 15.0. The molecule has 0 unspecified atom stereocenters. The highest BCUT2D eigenvalue weighted by Gasteiger charge is 2.39. The number of hydrogen-bond acceptors (Lipinski definition) is 5. The van der Waals surface area contributed by atoms with Gasteiger partial charge in [-0.3, -0.25) is 19.8 Å². The second-order valence-electron chi connectivity index (χ2n) is 7.29. The molecule has 3 saturated heterocycles. The molecule has 1 atom stereocenters. The fourth-order valence-corrected chi connectivity index (χ4v) is 3.95. The highest BCUT2D eigenvalue weighted by molar-refractivity contribution is 6.12. The average molecular weight is 373 g/mol. The molecule has 3 heterocycles. The summed E-state index contributed by atoms with van der Waals surface area (Å²) >= 11 is 0. The standard InChI is InChI=1S/C19H23N3O5/c23-16-12-22(18(25)21-16)15-3-1-13(2-4-15)17(24)20-14-5-8-27-19(11-14)6-9-26-10-7-19/h1-4,14H,5-12H2,(H,20,24)(H,21,23,25)/t14-/m0/s1. The van der Waals surface area contributed by atoms with Crippen molar-refractivity contribution in [1.82, 2.24) is 10.6 Å². The van der Waals surface area contributed by atoms with Crippen molar-refractivity contribution in [3.8, 4) is 0 Å². The van der Waals surface area contributed by atoms with Crippen molar-refractivity contribution < 1.29 is 23.9 Å². The van der Waals surface area contributed by atoms with Crippen molar-refractivity contribution in [3.63, 3.8) is 0 Å². The van der Waals surface area contributed by atoms with E-state index in [1.807, 2.05) is 0 Å². The van der Waals surface area contributed by atoms with Crippen LogP contribution in [0.2, 0.25) is 0 Å². The van der Waals surface area contributed by atoms with Gasteiger partial charge in [-0.05, 0) is 49.9 Å². The Kier molecular flexibility index (Phi) is 4.84. The normalized spacial score (nSPS) is 24.7. The average Bonchev–Trinajstić information content (AvgIpc) is 3.01. The van der Waals surface area contributed by atoms with E-state index in [1.54, 1.807) is 24.3 Å². The molecule has 0 aromatic heterocycles. The van der Waals surface area contributed by atoms with E-state index in [2.05, 4.69) is 10.6 Å². The number of anilines is 1. The molecular weight excluding hydrogens is 350 g/mol. The van der Waals surface area contributed by atoms with Crippen LogP contribution in [0.5, 0.6) is 0 Å². The predicted octanol–water partition coefficient (Wildman–Crippen LogP) is 1.20. The van der Waals surface area contributed by atoms with Gasteiger partial charge in [-0.1, -0.05) is 0 Å². The van der Waals surface area contributed by atoms with Crippen molar-refractivity contribution in [3.05, 3.63) is 29.8 Å². The number of hydrogen-bond donors (Lipinski definition) is 2. The lowest BCUT2D eigenvalue weighted by atomic mass is 9.84. The number of ether oxygens (including phenoxy) is 2. The maximum atomic E-state index is 12.6. The van der Waals surface area contributed by atoms with E-state index in [0.29, 0.717) is 31.1 Å². The van der Waals surface area contributed by atoms with Crippen LogP contribution in [0.4, 0.5) is 10.5 Å². The fraction of sp³-hybridized carbons (Fsp3) is 0.526. The van der Waals surface area contributed by atoms with Gasteiger partial charge in [-0.25, -0.2) is 4.79 Å². The summed E-state index contributed by atoms with van der Waals surface area (Å²) in [4.78, 5) is 37.0. The summed E-state index contributed by atoms with van der Waals surface area (Å²) in [7, 11) is 0. The molecule has 1 aromatic carbocycles. The van der Waals surface area contributed by atoms with Crippen LogP contribution in [0.15, 0.2) is 24.3 Å². The van der Waals surface area contributed by atoms with E-state index in [1.165, 1.54) is 4.90 Å². The molecule has 144 valence electrons. The van der Waals surface area contributed by atoms with Crippen molar-refractivity contribution in [2.75, 3.05) is 31.3 Å². The second-order valence-corrected chi connectivity index (χ2v) is 7.29. The van der Waals surface area contributed by atoms with Gasteiger partial charge >= 0.3 is 6.03 Å². The van der Waals surface area contributed by atoms with E-state index in [4.69, 9.17) is 9.47 Å². The first-order chi connectivity index (χ1) is 13.0. The second kappa shape index (κ2) is 7.28. The number of carbonyl (C=O) groups is 3. The molecule has 27 heavy (non-hydrogen) atoms. The van der Waals surface area contributed by atoms with Gasteiger partial charge in [0.2, 0.25) is 5.91 Å². The summed E-state index contributed by atoms with van der Waals surface area (Å²) < 4.78 is 11.4. The molecular formula is C19H23N3O5. The maximum Gasteiger partial charge on any atom is 0.329 e. The van der Waals surface area contributed by atoms with Gasteiger partial charge in [0.1, 0.15) is 6.54 Å². The lowest BCUT2D eigenvalue weighted by molar-refractivity contribution is -0.139. The molecule has 1 spiro atoms. The highest BCUT2D eigenvalue weighted by atomic mass is 16.5. The summed E-state index contributed by atoms with van der Waals surface area (Å²) in [6.07, 6.45) is 3.33. The molecule has 8 nitrogen and oxygen atoms in total. The highest BCUT2D eigenvalue weighted by Crippen LogP contribution is 2.34. The van der Waals surface area contributed by atoms with Crippen LogP contribution in [0.1, 0.15) is 36.0 Å². The summed E-state index contributed by atoms with van der Waals surface area (Å²) in [5.41, 5.74) is 0.938. The number of nitrogens with zero attached hydrogens (tertiary/aromatic N) is 1. The third kappa shape index (κ3) is 3.81. The van der Waals surface area contributed by atoms with E-state index >= 15 is 0 Å². The minimum atomic E-state index is -0.443. The van der Waals surface area contributed by atoms with Crippen molar-refractivity contribution in [2.45, 2.75) is 37.3 Å². The number of urea groups is 1. The Hall–Kier alpha value is -2.45. The fourth-order valence-electron chi connectivity index (χ4n) is 3.95. The van der Waals surface area contributed by atoms with Gasteiger partial charge in [0.15, 0.2) is 0 Å². The molecule has 3 aliphatic heterocycles. The van der Waals surface area contributed by atoms with Crippen molar-refractivity contribution >= 4 is 23.5 Å². The first kappa shape index (κ1) is 17.9. The van der Waals surface area contributed by atoms with E-state index in [-0.39, 0.29) is 30.0 Å². The number of carbonyl (C=O) groups excluding carboxylic acids is 3. The minimum Gasteiger partial charge on any atom is -0.381 e. The van der Waals surface area contributed by atoms with Crippen molar-refractivity contribution in [2.24, 2.45) is 0 Å². The molecule has 3 aliphatic rings. The Labute approximate surface area is 157 Å². The lowest BCUT2D eigenvalue weighted by Crippen LogP contribution is -2.51. The van der Waals surface area contributed by atoms with Crippen LogP contribution in [0.3, 0.4) is 0 Å². The van der Waals surface area contributed by atoms with Crippen LogP contribution >= 0.6 is 0 Å². The number of benzene rings is 1. The SMILES string of the molecule is O=C1CN(c2ccc(C(=O)N[C@H]3CCOC4(CCOCC4)C3)cc2)C(=O)N1. The molecule has 2 N–H and O–H groups in total. The summed E-state index contributed by atoms with van der Waals surface area (Å²) in [5, 5.41) is 5.34. The monoisotopic (exact) mass is 373 g/mol. The van der Waals surface area contributed by atoms with Gasteiger partial charge in [-0.2, -0.15) is 0 Å². The van der Waals surface area contributed by atoms with Crippen LogP contribution in [-0.4, -0.2) is 55.9 Å². The quantitative estimate of drug-likeness (QED) is 0.776. The van der Waals surface area contributed by atoms with Gasteiger partial charge in [0.05, 0.1) is 5.60 Å². The zero-order chi connectivity index (χ0) is 18.9. The van der Waals surface area contributed by atoms with Crippen LogP contribution < -0.4 is 15.5 Å². The van der Waals surface area contributed by atoms with Crippen LogP contribution in [0.25, 0.3) is 0 Å². The molecule has 0 aliphatic carbocycles. The number of nitrogens with one attached hydrogen (secondary N) is 2. The van der Waals surface area contributed by atoms with Gasteiger partial charge in [0, 0.05) is 37.1 Å². The Morgan fingerprint density at radius 1 is 1.15 bits per heavy atom. The molecule has 1 aromatic rings. The smallest absolute Gasteiger partial charge is 0.329 e. The number of amides is 4. The Morgan fingerprint density at radius 2 is 1.89 bits per heavy atom. The molecule has 0 radical (unpaired) electrons. The first-order valence-corrected chi connectivity index (χ1v) is 9.29. The molecule has 0 bridgehead atoms. The minimum absolute atomic E-state index is 0.00174. The first-order valence-electron chi connectivity index (χ1n) is 9.29. The van der Waals surface area contributed by atoms with E-state index in [0.717, 1.165) is 25.7 Å². The van der Waals surface area contributed by atoms with Gasteiger partial charge in [0.25, 0.3) is 5.91 Å². The molecule has 4 rings (SSSR count). The summed E-state index contributed by atoms with van der Waals surface area (Å²) in [6, 6.07) is 6.33. The van der Waals surface area contributed by atoms with Gasteiger partial charge < -0.3 is 14.8 Å². The Bertz CT molecular complexity index is 737. The summed E-state index contributed by atoms with van der Waals surface area (Å²) in [6.45, 7) is 2.05. The maximum absolute atomic E-state index is 12.6. The lowest BCUT2D eigenvalue weighted by Gasteiger charge is -2.43. The molecule has 3 fully saturated rings. The van der Waals surface area contributed by atoms with Crippen LogP contribution in [0, 0.1) is 0 Å².